The van der Waals surface area contributed by atoms with E-state index in [1.807, 2.05) is 0 Å². The Hall–Kier alpha value is -0.860. The molecule has 0 aliphatic carbocycles. The molecule has 2 nitrogen and oxygen atoms in total. The summed E-state index contributed by atoms with van der Waals surface area (Å²) in [4.78, 5) is 2.28. The van der Waals surface area contributed by atoms with E-state index in [1.165, 1.54) is 11.1 Å². The molecule has 1 aromatic carbocycles. The fraction of sp³-hybridized carbons (Fsp3) is 0.571. The van der Waals surface area contributed by atoms with E-state index in [-0.39, 0.29) is 0 Å². The van der Waals surface area contributed by atoms with Gasteiger partial charge in [0.2, 0.25) is 0 Å². The van der Waals surface area contributed by atoms with Crippen LogP contribution in [-0.2, 0) is 6.42 Å². The van der Waals surface area contributed by atoms with Gasteiger partial charge in [-0.25, -0.2) is 0 Å². The van der Waals surface area contributed by atoms with Gasteiger partial charge in [0.15, 0.2) is 0 Å². The van der Waals surface area contributed by atoms with Crippen molar-refractivity contribution in [1.82, 2.24) is 4.90 Å². The van der Waals surface area contributed by atoms with Crippen molar-refractivity contribution in [3.8, 4) is 0 Å². The third kappa shape index (κ3) is 2.63. The Bertz CT molecular complexity index is 354. The van der Waals surface area contributed by atoms with Gasteiger partial charge < -0.3 is 10.0 Å². The van der Waals surface area contributed by atoms with Gasteiger partial charge in [0.1, 0.15) is 0 Å². The molecule has 0 saturated carbocycles. The first kappa shape index (κ1) is 11.6. The van der Waals surface area contributed by atoms with Crippen molar-refractivity contribution in [2.45, 2.75) is 31.8 Å². The quantitative estimate of drug-likeness (QED) is 0.822. The van der Waals surface area contributed by atoms with Crippen LogP contribution in [0.25, 0.3) is 0 Å². The Morgan fingerprint density at radius 3 is 2.50 bits per heavy atom. The summed E-state index contributed by atoms with van der Waals surface area (Å²) in [7, 11) is 2.12. The molecule has 1 aliphatic rings. The van der Waals surface area contributed by atoms with Crippen molar-refractivity contribution in [2.75, 3.05) is 20.1 Å². The molecule has 0 radical (unpaired) electrons. The number of hydrogen-bond acceptors (Lipinski definition) is 2. The molecule has 2 rings (SSSR count). The fourth-order valence-electron chi connectivity index (χ4n) is 2.37. The predicted molar refractivity (Wildman–Crippen MR) is 66.6 cm³/mol. The number of aryl methyl sites for hydroxylation is 1. The predicted octanol–water partition coefficient (Wildman–Crippen LogP) is 1.99. The summed E-state index contributed by atoms with van der Waals surface area (Å²) in [6.45, 7) is 4.12. The molecule has 2 heteroatoms. The molecule has 1 aromatic rings. The number of aliphatic hydroxyl groups is 1. The Morgan fingerprint density at radius 1 is 1.25 bits per heavy atom. The molecule has 0 spiro atoms. The van der Waals surface area contributed by atoms with Gasteiger partial charge in [0.05, 0.1) is 5.60 Å². The lowest BCUT2D eigenvalue weighted by Crippen LogP contribution is -2.44. The summed E-state index contributed by atoms with van der Waals surface area (Å²) < 4.78 is 0. The highest BCUT2D eigenvalue weighted by Gasteiger charge is 2.31. The minimum absolute atomic E-state index is 0.487. The second-order valence-corrected chi connectivity index (χ2v) is 5.13. The molecule has 1 saturated heterocycles. The highest BCUT2D eigenvalue weighted by molar-refractivity contribution is 5.27. The molecule has 1 heterocycles. The van der Waals surface area contributed by atoms with E-state index in [1.54, 1.807) is 0 Å². The Labute approximate surface area is 97.9 Å². The SMILES string of the molecule is Cc1ccccc1CC1(O)CCN(C)CC1. The van der Waals surface area contributed by atoms with E-state index < -0.39 is 5.60 Å². The van der Waals surface area contributed by atoms with Crippen molar-refractivity contribution in [2.24, 2.45) is 0 Å². The van der Waals surface area contributed by atoms with E-state index in [0.717, 1.165) is 32.4 Å². The summed E-state index contributed by atoms with van der Waals surface area (Å²) in [6.07, 6.45) is 2.57. The average Bonchev–Trinajstić information content (AvgIpc) is 2.27. The van der Waals surface area contributed by atoms with Crippen molar-refractivity contribution >= 4 is 0 Å². The maximum Gasteiger partial charge on any atom is 0.0712 e. The molecule has 1 fully saturated rings. The number of likely N-dealkylation sites (tertiary alicyclic amines) is 1. The van der Waals surface area contributed by atoms with Crippen LogP contribution in [0.15, 0.2) is 24.3 Å². The second-order valence-electron chi connectivity index (χ2n) is 5.13. The maximum absolute atomic E-state index is 10.5. The molecule has 0 aromatic heterocycles. The largest absolute Gasteiger partial charge is 0.389 e. The topological polar surface area (TPSA) is 23.5 Å². The zero-order chi connectivity index (χ0) is 11.6. The zero-order valence-corrected chi connectivity index (χ0v) is 10.2. The zero-order valence-electron chi connectivity index (χ0n) is 10.2. The van der Waals surface area contributed by atoms with Crippen LogP contribution >= 0.6 is 0 Å². The molecular formula is C14H21NO. The van der Waals surface area contributed by atoms with Gasteiger partial charge in [-0.3, -0.25) is 0 Å². The van der Waals surface area contributed by atoms with Gasteiger partial charge in [0.25, 0.3) is 0 Å². The highest BCUT2D eigenvalue weighted by Crippen LogP contribution is 2.26. The number of benzene rings is 1. The van der Waals surface area contributed by atoms with Gasteiger partial charge in [-0.05, 0) is 37.9 Å². The Morgan fingerprint density at radius 2 is 1.88 bits per heavy atom. The minimum Gasteiger partial charge on any atom is -0.389 e. The van der Waals surface area contributed by atoms with Crippen LogP contribution in [0.3, 0.4) is 0 Å². The highest BCUT2D eigenvalue weighted by atomic mass is 16.3. The van der Waals surface area contributed by atoms with Crippen LogP contribution in [0.1, 0.15) is 24.0 Å². The van der Waals surface area contributed by atoms with E-state index in [9.17, 15) is 5.11 Å². The average molecular weight is 219 g/mol. The molecule has 1 aliphatic heterocycles. The Balaban J connectivity index is 2.07. The minimum atomic E-state index is -0.487. The molecule has 1 N–H and O–H groups in total. The molecular weight excluding hydrogens is 198 g/mol. The van der Waals surface area contributed by atoms with Crippen molar-refractivity contribution in [1.29, 1.82) is 0 Å². The normalized spacial score (nSPS) is 20.9. The fourth-order valence-corrected chi connectivity index (χ4v) is 2.37. The summed E-state index contributed by atoms with van der Waals surface area (Å²) in [5.74, 6) is 0. The van der Waals surface area contributed by atoms with Gasteiger partial charge in [0, 0.05) is 19.5 Å². The molecule has 0 bridgehead atoms. The van der Waals surface area contributed by atoms with Crippen LogP contribution in [-0.4, -0.2) is 35.7 Å². The van der Waals surface area contributed by atoms with Gasteiger partial charge >= 0.3 is 0 Å². The first-order chi connectivity index (χ1) is 7.59. The molecule has 16 heavy (non-hydrogen) atoms. The maximum atomic E-state index is 10.5. The molecule has 0 atom stereocenters. The smallest absolute Gasteiger partial charge is 0.0712 e. The van der Waals surface area contributed by atoms with E-state index in [4.69, 9.17) is 0 Å². The summed E-state index contributed by atoms with van der Waals surface area (Å²) in [5.41, 5.74) is 2.09. The van der Waals surface area contributed by atoms with E-state index in [2.05, 4.69) is 43.1 Å². The lowest BCUT2D eigenvalue weighted by molar-refractivity contribution is -0.0151. The lowest BCUT2D eigenvalue weighted by atomic mass is 9.84. The van der Waals surface area contributed by atoms with Crippen LogP contribution in [0.2, 0.25) is 0 Å². The summed E-state index contributed by atoms with van der Waals surface area (Å²) in [6, 6.07) is 8.36. The molecule has 0 amide bonds. The first-order valence-electron chi connectivity index (χ1n) is 6.04. The first-order valence-corrected chi connectivity index (χ1v) is 6.04. The third-order valence-corrected chi connectivity index (χ3v) is 3.70. The standard InChI is InChI=1S/C14H21NO/c1-12-5-3-4-6-13(12)11-14(16)7-9-15(2)10-8-14/h3-6,16H,7-11H2,1-2H3. The van der Waals surface area contributed by atoms with Crippen LogP contribution in [0.4, 0.5) is 0 Å². The lowest BCUT2D eigenvalue weighted by Gasteiger charge is -2.37. The van der Waals surface area contributed by atoms with E-state index in [0.29, 0.717) is 0 Å². The number of piperidine rings is 1. The third-order valence-electron chi connectivity index (χ3n) is 3.70. The summed E-state index contributed by atoms with van der Waals surface area (Å²) in [5, 5.41) is 10.5. The number of rotatable bonds is 2. The molecule has 0 unspecified atom stereocenters. The van der Waals surface area contributed by atoms with Crippen molar-refractivity contribution in [3.63, 3.8) is 0 Å². The van der Waals surface area contributed by atoms with Crippen LogP contribution in [0.5, 0.6) is 0 Å². The van der Waals surface area contributed by atoms with Gasteiger partial charge in [-0.2, -0.15) is 0 Å². The van der Waals surface area contributed by atoms with Crippen molar-refractivity contribution in [3.05, 3.63) is 35.4 Å². The monoisotopic (exact) mass is 219 g/mol. The number of nitrogens with zero attached hydrogens (tertiary/aromatic N) is 1. The number of hydrogen-bond donors (Lipinski definition) is 1. The second kappa shape index (κ2) is 4.56. The van der Waals surface area contributed by atoms with Gasteiger partial charge in [-0.15, -0.1) is 0 Å². The van der Waals surface area contributed by atoms with Crippen LogP contribution in [0, 0.1) is 6.92 Å². The van der Waals surface area contributed by atoms with Crippen LogP contribution < -0.4 is 0 Å². The Kier molecular flexibility index (Phi) is 3.31. The summed E-state index contributed by atoms with van der Waals surface area (Å²) >= 11 is 0. The van der Waals surface area contributed by atoms with Crippen molar-refractivity contribution < 1.29 is 5.11 Å². The molecule has 88 valence electrons. The van der Waals surface area contributed by atoms with Gasteiger partial charge in [-0.1, -0.05) is 24.3 Å². The van der Waals surface area contributed by atoms with E-state index >= 15 is 0 Å².